The minimum atomic E-state index is 0.0424. The number of carbonyl (C=O) groups is 1. The number of hydrogen-bond acceptors (Lipinski definition) is 4. The summed E-state index contributed by atoms with van der Waals surface area (Å²) in [7, 11) is 0. The molecule has 0 radical (unpaired) electrons. The molecular formula is C18H26N4O. The van der Waals surface area contributed by atoms with Gasteiger partial charge in [0.1, 0.15) is 12.1 Å². The van der Waals surface area contributed by atoms with Gasteiger partial charge in [0.05, 0.1) is 5.69 Å². The highest BCUT2D eigenvalue weighted by Crippen LogP contribution is 2.38. The molecule has 1 aromatic heterocycles. The maximum atomic E-state index is 12.2. The standard InChI is InChI=1S/C18H26N4O/c1-18(2,3)15-6-16(20-11-19-15)21-7-13-9-22(10-14(13)8-21)17(23)12-4-5-12/h6,11-14H,4-5,7-10H2,1-3H3. The lowest BCUT2D eigenvalue weighted by atomic mass is 9.92. The Bertz CT molecular complexity index is 606. The lowest BCUT2D eigenvalue weighted by Gasteiger charge is -2.24. The summed E-state index contributed by atoms with van der Waals surface area (Å²) in [6.07, 6.45) is 3.90. The normalized spacial score (nSPS) is 27.4. The number of hydrogen-bond donors (Lipinski definition) is 0. The predicted octanol–water partition coefficient (Wildman–Crippen LogP) is 2.08. The lowest BCUT2D eigenvalue weighted by Crippen LogP contribution is -2.34. The number of carbonyl (C=O) groups excluding carboxylic acids is 1. The highest BCUT2D eigenvalue weighted by atomic mass is 16.2. The molecule has 2 aliphatic heterocycles. The second kappa shape index (κ2) is 5.18. The molecule has 5 nitrogen and oxygen atoms in total. The van der Waals surface area contributed by atoms with Crippen molar-refractivity contribution in [1.29, 1.82) is 0 Å². The van der Waals surface area contributed by atoms with E-state index in [0.29, 0.717) is 23.7 Å². The Balaban J connectivity index is 1.44. The summed E-state index contributed by atoms with van der Waals surface area (Å²) in [5.74, 6) is 3.00. The maximum absolute atomic E-state index is 12.2. The molecule has 3 fully saturated rings. The van der Waals surface area contributed by atoms with Crippen LogP contribution < -0.4 is 4.90 Å². The third-order valence-corrected chi connectivity index (χ3v) is 5.47. The summed E-state index contributed by atoms with van der Waals surface area (Å²) in [6, 6.07) is 2.13. The molecule has 1 aromatic rings. The fourth-order valence-electron chi connectivity index (χ4n) is 3.88. The van der Waals surface area contributed by atoms with Crippen LogP contribution in [-0.2, 0) is 10.2 Å². The van der Waals surface area contributed by atoms with Gasteiger partial charge in [-0.3, -0.25) is 4.79 Å². The quantitative estimate of drug-likeness (QED) is 0.838. The maximum Gasteiger partial charge on any atom is 0.225 e. The van der Waals surface area contributed by atoms with Gasteiger partial charge in [-0.15, -0.1) is 0 Å². The molecular weight excluding hydrogens is 288 g/mol. The van der Waals surface area contributed by atoms with Crippen LogP contribution >= 0.6 is 0 Å². The van der Waals surface area contributed by atoms with Gasteiger partial charge in [0.25, 0.3) is 0 Å². The number of anilines is 1. The van der Waals surface area contributed by atoms with E-state index >= 15 is 0 Å². The monoisotopic (exact) mass is 314 g/mol. The van der Waals surface area contributed by atoms with Crippen LogP contribution in [0, 0.1) is 17.8 Å². The molecule has 4 rings (SSSR count). The zero-order valence-corrected chi connectivity index (χ0v) is 14.3. The molecule has 2 saturated heterocycles. The molecule has 124 valence electrons. The summed E-state index contributed by atoms with van der Waals surface area (Å²) >= 11 is 0. The molecule has 1 amide bonds. The average molecular weight is 314 g/mol. The molecule has 23 heavy (non-hydrogen) atoms. The first-order chi connectivity index (χ1) is 10.9. The van der Waals surface area contributed by atoms with Gasteiger partial charge in [0.15, 0.2) is 0 Å². The number of aromatic nitrogens is 2. The van der Waals surface area contributed by atoms with Gasteiger partial charge in [-0.25, -0.2) is 9.97 Å². The van der Waals surface area contributed by atoms with E-state index < -0.39 is 0 Å². The van der Waals surface area contributed by atoms with Gasteiger partial charge < -0.3 is 9.80 Å². The van der Waals surface area contributed by atoms with E-state index in [9.17, 15) is 4.79 Å². The van der Waals surface area contributed by atoms with Crippen molar-refractivity contribution in [3.8, 4) is 0 Å². The second-order valence-electron chi connectivity index (χ2n) is 8.45. The van der Waals surface area contributed by atoms with Crippen LogP contribution in [0.1, 0.15) is 39.3 Å². The van der Waals surface area contributed by atoms with Crippen molar-refractivity contribution in [2.75, 3.05) is 31.1 Å². The van der Waals surface area contributed by atoms with Crippen LogP contribution in [0.5, 0.6) is 0 Å². The van der Waals surface area contributed by atoms with Crippen molar-refractivity contribution in [2.45, 2.75) is 39.0 Å². The number of likely N-dealkylation sites (tertiary alicyclic amines) is 1. The van der Waals surface area contributed by atoms with Crippen molar-refractivity contribution in [2.24, 2.45) is 17.8 Å². The molecule has 0 N–H and O–H groups in total. The van der Waals surface area contributed by atoms with Crippen LogP contribution in [0.2, 0.25) is 0 Å². The lowest BCUT2D eigenvalue weighted by molar-refractivity contribution is -0.131. The average Bonchev–Trinajstić information content (AvgIpc) is 3.16. The summed E-state index contributed by atoms with van der Waals surface area (Å²) in [4.78, 5) is 25.6. The highest BCUT2D eigenvalue weighted by molar-refractivity contribution is 5.81. The Hall–Kier alpha value is -1.65. The van der Waals surface area contributed by atoms with E-state index in [0.717, 1.165) is 50.5 Å². The van der Waals surface area contributed by atoms with E-state index in [4.69, 9.17) is 0 Å². The zero-order valence-electron chi connectivity index (χ0n) is 14.3. The van der Waals surface area contributed by atoms with Gasteiger partial charge >= 0.3 is 0 Å². The minimum Gasteiger partial charge on any atom is -0.356 e. The van der Waals surface area contributed by atoms with E-state index in [-0.39, 0.29) is 5.41 Å². The van der Waals surface area contributed by atoms with Crippen molar-refractivity contribution in [3.05, 3.63) is 18.1 Å². The Morgan fingerprint density at radius 3 is 2.30 bits per heavy atom. The fourth-order valence-corrected chi connectivity index (χ4v) is 3.88. The Kier molecular flexibility index (Phi) is 3.36. The first-order valence-electron chi connectivity index (χ1n) is 8.78. The molecule has 0 bridgehead atoms. The summed E-state index contributed by atoms with van der Waals surface area (Å²) in [5.41, 5.74) is 1.13. The van der Waals surface area contributed by atoms with Crippen molar-refractivity contribution in [3.63, 3.8) is 0 Å². The number of amides is 1. The molecule has 0 spiro atoms. The third kappa shape index (κ3) is 2.81. The smallest absolute Gasteiger partial charge is 0.225 e. The van der Waals surface area contributed by atoms with E-state index in [1.54, 1.807) is 6.33 Å². The van der Waals surface area contributed by atoms with Crippen LogP contribution in [0.15, 0.2) is 12.4 Å². The second-order valence-corrected chi connectivity index (χ2v) is 8.45. The van der Waals surface area contributed by atoms with E-state index in [2.05, 4.69) is 46.6 Å². The van der Waals surface area contributed by atoms with Crippen LogP contribution in [0.25, 0.3) is 0 Å². The minimum absolute atomic E-state index is 0.0424. The number of rotatable bonds is 2. The summed E-state index contributed by atoms with van der Waals surface area (Å²) in [6.45, 7) is 10.4. The summed E-state index contributed by atoms with van der Waals surface area (Å²) in [5, 5.41) is 0. The number of nitrogens with zero attached hydrogens (tertiary/aromatic N) is 4. The summed E-state index contributed by atoms with van der Waals surface area (Å²) < 4.78 is 0. The van der Waals surface area contributed by atoms with Gasteiger partial charge in [0, 0.05) is 55.4 Å². The van der Waals surface area contributed by atoms with Crippen LogP contribution in [0.4, 0.5) is 5.82 Å². The van der Waals surface area contributed by atoms with Crippen LogP contribution in [0.3, 0.4) is 0 Å². The van der Waals surface area contributed by atoms with Gasteiger partial charge in [-0.05, 0) is 12.8 Å². The zero-order chi connectivity index (χ0) is 16.2. The largest absolute Gasteiger partial charge is 0.356 e. The fraction of sp³-hybridized carbons (Fsp3) is 0.722. The van der Waals surface area contributed by atoms with Gasteiger partial charge in [-0.1, -0.05) is 20.8 Å². The topological polar surface area (TPSA) is 49.3 Å². The molecule has 2 atom stereocenters. The molecule has 1 saturated carbocycles. The molecule has 2 unspecified atom stereocenters. The third-order valence-electron chi connectivity index (χ3n) is 5.47. The Labute approximate surface area is 138 Å². The predicted molar refractivity (Wildman–Crippen MR) is 89.2 cm³/mol. The van der Waals surface area contributed by atoms with Gasteiger partial charge in [-0.2, -0.15) is 0 Å². The van der Waals surface area contributed by atoms with Crippen molar-refractivity contribution >= 4 is 11.7 Å². The van der Waals surface area contributed by atoms with E-state index in [1.165, 1.54) is 0 Å². The molecule has 1 aliphatic carbocycles. The van der Waals surface area contributed by atoms with Crippen molar-refractivity contribution in [1.82, 2.24) is 14.9 Å². The van der Waals surface area contributed by atoms with E-state index in [1.807, 2.05) is 0 Å². The molecule has 0 aromatic carbocycles. The van der Waals surface area contributed by atoms with Crippen LogP contribution in [-0.4, -0.2) is 47.0 Å². The molecule has 3 aliphatic rings. The first kappa shape index (κ1) is 14.9. The Morgan fingerprint density at radius 1 is 1.09 bits per heavy atom. The SMILES string of the molecule is CC(C)(C)c1cc(N2CC3CN(C(=O)C4CC4)CC3C2)ncn1. The Morgan fingerprint density at radius 2 is 1.74 bits per heavy atom. The first-order valence-corrected chi connectivity index (χ1v) is 8.78. The number of fused-ring (bicyclic) bond motifs is 1. The molecule has 3 heterocycles. The van der Waals surface area contributed by atoms with Gasteiger partial charge in [0.2, 0.25) is 5.91 Å². The van der Waals surface area contributed by atoms with Crippen molar-refractivity contribution < 1.29 is 4.79 Å². The highest BCUT2D eigenvalue weighted by Gasteiger charge is 2.44. The molecule has 5 heteroatoms.